The number of amides is 1. The highest BCUT2D eigenvalue weighted by Crippen LogP contribution is 2.48. The Morgan fingerprint density at radius 1 is 1.26 bits per heavy atom. The van der Waals surface area contributed by atoms with E-state index in [1.165, 1.54) is 12.1 Å². The number of esters is 1. The molecule has 1 aliphatic carbocycles. The van der Waals surface area contributed by atoms with E-state index in [2.05, 4.69) is 15.9 Å². The molecule has 3 atom stereocenters. The van der Waals surface area contributed by atoms with Gasteiger partial charge in [0.25, 0.3) is 0 Å². The van der Waals surface area contributed by atoms with Crippen molar-refractivity contribution in [2.24, 2.45) is 5.92 Å². The monoisotopic (exact) mass is 447 g/mol. The number of carbonyl (C=O) groups excluding carboxylic acids is 1. The van der Waals surface area contributed by atoms with Crippen molar-refractivity contribution >= 4 is 28.0 Å². The Hall–Kier alpha value is -1.74. The summed E-state index contributed by atoms with van der Waals surface area (Å²) < 4.78 is 33.6. The highest BCUT2D eigenvalue weighted by molar-refractivity contribution is 9.10. The molecule has 148 valence electrons. The van der Waals surface area contributed by atoms with Crippen LogP contribution in [0.2, 0.25) is 0 Å². The summed E-state index contributed by atoms with van der Waals surface area (Å²) in [5.74, 6) is -4.94. The van der Waals surface area contributed by atoms with Gasteiger partial charge in [0.15, 0.2) is 5.60 Å². The molecule has 1 saturated heterocycles. The van der Waals surface area contributed by atoms with Crippen molar-refractivity contribution in [3.05, 3.63) is 34.3 Å². The molecule has 1 aromatic carbocycles. The van der Waals surface area contributed by atoms with Crippen molar-refractivity contribution in [1.29, 1.82) is 0 Å². The zero-order chi connectivity index (χ0) is 19.8. The van der Waals surface area contributed by atoms with Gasteiger partial charge in [-0.25, -0.2) is 18.4 Å². The molecule has 6 nitrogen and oxygen atoms in total. The van der Waals surface area contributed by atoms with Gasteiger partial charge in [-0.3, -0.25) is 0 Å². The zero-order valence-corrected chi connectivity index (χ0v) is 16.0. The summed E-state index contributed by atoms with van der Waals surface area (Å²) in [5.41, 5.74) is -2.02. The fraction of sp³-hybridized carbons (Fsp3) is 0.556. The number of halogens is 3. The van der Waals surface area contributed by atoms with Crippen LogP contribution in [0.3, 0.4) is 0 Å². The van der Waals surface area contributed by atoms with E-state index in [4.69, 9.17) is 9.84 Å². The minimum Gasteiger partial charge on any atom is -0.465 e. The third-order valence-corrected chi connectivity index (χ3v) is 5.81. The van der Waals surface area contributed by atoms with Gasteiger partial charge in [0.1, 0.15) is 6.10 Å². The molecule has 1 amide bonds. The number of hydrogen-bond acceptors (Lipinski definition) is 4. The van der Waals surface area contributed by atoms with Gasteiger partial charge in [-0.15, -0.1) is 0 Å². The lowest BCUT2D eigenvalue weighted by Gasteiger charge is -2.33. The third-order valence-electron chi connectivity index (χ3n) is 5.28. The summed E-state index contributed by atoms with van der Waals surface area (Å²) in [6, 6.07) is 6.23. The van der Waals surface area contributed by atoms with Crippen molar-refractivity contribution in [3.8, 4) is 0 Å². The molecular formula is C18H20BrF2NO5. The Kier molecular flexibility index (Phi) is 5.45. The van der Waals surface area contributed by atoms with Crippen LogP contribution < -0.4 is 0 Å². The van der Waals surface area contributed by atoms with Crippen LogP contribution in [0.5, 0.6) is 0 Å². The van der Waals surface area contributed by atoms with E-state index in [0.717, 1.165) is 4.90 Å². The molecule has 1 aromatic rings. The lowest BCUT2D eigenvalue weighted by molar-refractivity contribution is -0.179. The fourth-order valence-corrected chi connectivity index (χ4v) is 4.03. The number of likely N-dealkylation sites (tertiary alicyclic amines) is 1. The summed E-state index contributed by atoms with van der Waals surface area (Å²) in [5, 5.41) is 20.3. The van der Waals surface area contributed by atoms with E-state index < -0.39 is 48.4 Å². The van der Waals surface area contributed by atoms with E-state index >= 15 is 0 Å². The summed E-state index contributed by atoms with van der Waals surface area (Å²) in [6.07, 6.45) is -2.55. The average Bonchev–Trinajstić information content (AvgIpc) is 3.21. The molecule has 1 aliphatic heterocycles. The second kappa shape index (κ2) is 7.35. The quantitative estimate of drug-likeness (QED) is 0.690. The van der Waals surface area contributed by atoms with Gasteiger partial charge in [-0.05, 0) is 24.1 Å². The number of rotatable bonds is 4. The van der Waals surface area contributed by atoms with Gasteiger partial charge in [0, 0.05) is 36.2 Å². The van der Waals surface area contributed by atoms with E-state index in [0.29, 0.717) is 10.9 Å². The molecule has 2 aliphatic rings. The van der Waals surface area contributed by atoms with E-state index in [1.54, 1.807) is 12.1 Å². The number of aliphatic hydroxyl groups is 1. The standard InChI is InChI=1S/C18H20BrF2NO5/c19-13-3-1-11(2-4-13)18(26,12-5-7-17(20,21)9-12)15(23)27-14-6-8-22(10-14)16(24)25/h1-4,12,14,26H,5-10H2,(H,24,25)/t12-,14-,18+/m1/s1. The zero-order valence-electron chi connectivity index (χ0n) is 14.4. The van der Waals surface area contributed by atoms with Gasteiger partial charge in [0.2, 0.25) is 5.92 Å². The van der Waals surface area contributed by atoms with Crippen molar-refractivity contribution in [2.75, 3.05) is 13.1 Å². The molecule has 1 saturated carbocycles. The lowest BCUT2D eigenvalue weighted by atomic mass is 9.80. The first-order valence-corrected chi connectivity index (χ1v) is 9.46. The second-order valence-electron chi connectivity index (χ2n) is 7.11. The average molecular weight is 448 g/mol. The molecule has 2 N–H and O–H groups in total. The number of alkyl halides is 2. The molecule has 1 heterocycles. The summed E-state index contributed by atoms with van der Waals surface area (Å²) >= 11 is 3.26. The minimum absolute atomic E-state index is 0.00167. The summed E-state index contributed by atoms with van der Waals surface area (Å²) in [4.78, 5) is 25.0. The number of nitrogens with zero attached hydrogens (tertiary/aromatic N) is 1. The molecule has 27 heavy (non-hydrogen) atoms. The Morgan fingerprint density at radius 2 is 1.93 bits per heavy atom. The Morgan fingerprint density at radius 3 is 2.44 bits per heavy atom. The van der Waals surface area contributed by atoms with Crippen LogP contribution in [0.25, 0.3) is 0 Å². The topological polar surface area (TPSA) is 87.1 Å². The van der Waals surface area contributed by atoms with Crippen LogP contribution in [0.15, 0.2) is 28.7 Å². The van der Waals surface area contributed by atoms with E-state index in [9.17, 15) is 23.5 Å². The highest BCUT2D eigenvalue weighted by Gasteiger charge is 2.55. The van der Waals surface area contributed by atoms with E-state index in [-0.39, 0.29) is 25.1 Å². The molecule has 2 fully saturated rings. The third kappa shape index (κ3) is 4.08. The van der Waals surface area contributed by atoms with Crippen LogP contribution in [0.1, 0.15) is 31.2 Å². The van der Waals surface area contributed by atoms with Crippen LogP contribution in [0.4, 0.5) is 13.6 Å². The van der Waals surface area contributed by atoms with Gasteiger partial charge in [-0.1, -0.05) is 28.1 Å². The smallest absolute Gasteiger partial charge is 0.407 e. The van der Waals surface area contributed by atoms with Crippen LogP contribution in [-0.4, -0.2) is 52.3 Å². The number of carbonyl (C=O) groups is 2. The summed E-state index contributed by atoms with van der Waals surface area (Å²) in [6.45, 7) is 0.212. The van der Waals surface area contributed by atoms with Gasteiger partial charge < -0.3 is 19.8 Å². The van der Waals surface area contributed by atoms with E-state index in [1.807, 2.05) is 0 Å². The first kappa shape index (κ1) is 20.0. The molecule has 0 bridgehead atoms. The first-order chi connectivity index (χ1) is 12.6. The molecule has 0 radical (unpaired) electrons. The van der Waals surface area contributed by atoms with Gasteiger partial charge in [0.05, 0.1) is 6.54 Å². The normalized spacial score (nSPS) is 26.6. The van der Waals surface area contributed by atoms with Crippen molar-refractivity contribution in [2.45, 2.75) is 43.3 Å². The van der Waals surface area contributed by atoms with Gasteiger partial charge in [-0.2, -0.15) is 0 Å². The first-order valence-electron chi connectivity index (χ1n) is 8.67. The minimum atomic E-state index is -2.94. The molecule has 9 heteroatoms. The number of hydrogen-bond donors (Lipinski definition) is 2. The maximum atomic E-state index is 13.8. The SMILES string of the molecule is O=C(O)N1CC[C@@H](OC(=O)[C@](O)(c2ccc(Br)cc2)[C@@H]2CCC(F)(F)C2)C1. The second-order valence-corrected chi connectivity index (χ2v) is 8.03. The molecule has 0 unspecified atom stereocenters. The van der Waals surface area contributed by atoms with Crippen molar-refractivity contribution in [3.63, 3.8) is 0 Å². The molecular weight excluding hydrogens is 428 g/mol. The maximum absolute atomic E-state index is 13.8. The Labute approximate surface area is 163 Å². The van der Waals surface area contributed by atoms with Gasteiger partial charge >= 0.3 is 12.1 Å². The van der Waals surface area contributed by atoms with Crippen LogP contribution in [0, 0.1) is 5.92 Å². The maximum Gasteiger partial charge on any atom is 0.407 e. The molecule has 0 spiro atoms. The fourth-order valence-electron chi connectivity index (χ4n) is 3.77. The highest BCUT2D eigenvalue weighted by atomic mass is 79.9. The van der Waals surface area contributed by atoms with Crippen LogP contribution in [-0.2, 0) is 15.1 Å². The van der Waals surface area contributed by atoms with Crippen molar-refractivity contribution < 1.29 is 33.3 Å². The Bertz CT molecular complexity index is 729. The predicted octanol–water partition coefficient (Wildman–Crippen LogP) is 3.37. The predicted molar refractivity (Wildman–Crippen MR) is 94.4 cm³/mol. The number of ether oxygens (including phenoxy) is 1. The molecule has 0 aromatic heterocycles. The number of carboxylic acid groups (broad SMARTS) is 1. The largest absolute Gasteiger partial charge is 0.465 e. The Balaban J connectivity index is 1.84. The summed E-state index contributed by atoms with van der Waals surface area (Å²) in [7, 11) is 0. The van der Waals surface area contributed by atoms with Crippen LogP contribution >= 0.6 is 15.9 Å². The number of benzene rings is 1. The lowest BCUT2D eigenvalue weighted by Crippen LogP contribution is -2.45. The molecule has 3 rings (SSSR count). The van der Waals surface area contributed by atoms with Crippen molar-refractivity contribution in [1.82, 2.24) is 4.90 Å².